The molecule has 5 rings (SSSR count). The van der Waals surface area contributed by atoms with Gasteiger partial charge in [-0.3, -0.25) is 4.79 Å². The highest BCUT2D eigenvalue weighted by molar-refractivity contribution is 6.03. The fourth-order valence-electron chi connectivity index (χ4n) is 5.05. The Hall–Kier alpha value is -3.69. The molecule has 9 heteroatoms. The van der Waals surface area contributed by atoms with Crippen molar-refractivity contribution < 1.29 is 23.1 Å². The van der Waals surface area contributed by atoms with E-state index in [-0.39, 0.29) is 17.9 Å². The summed E-state index contributed by atoms with van der Waals surface area (Å²) in [5.74, 6) is 0.242. The number of halogens is 3. The number of hydrogen-bond acceptors (Lipinski definition) is 4. The first-order valence-corrected chi connectivity index (χ1v) is 13.6. The predicted octanol–water partition coefficient (Wildman–Crippen LogP) is 6.50. The average Bonchev–Trinajstić information content (AvgIpc) is 3.66. The van der Waals surface area contributed by atoms with Crippen molar-refractivity contribution in [1.82, 2.24) is 9.78 Å². The van der Waals surface area contributed by atoms with Gasteiger partial charge in [-0.05, 0) is 72.1 Å². The van der Waals surface area contributed by atoms with Gasteiger partial charge in [0.05, 0.1) is 5.69 Å². The minimum atomic E-state index is -4.73. The Labute approximate surface area is 231 Å². The number of rotatable bonds is 9. The molecule has 0 spiro atoms. The second kappa shape index (κ2) is 11.1. The first-order chi connectivity index (χ1) is 19.1. The molecule has 0 aliphatic heterocycles. The van der Waals surface area contributed by atoms with Crippen molar-refractivity contribution in [3.8, 4) is 5.69 Å². The summed E-state index contributed by atoms with van der Waals surface area (Å²) < 4.78 is 41.7. The average molecular weight is 551 g/mol. The Morgan fingerprint density at radius 2 is 1.93 bits per heavy atom. The van der Waals surface area contributed by atoms with Gasteiger partial charge in [0.2, 0.25) is 0 Å². The predicted molar refractivity (Wildman–Crippen MR) is 148 cm³/mol. The standard InChI is InChI=1S/C31H33F3N4O2/c1-20-8-12-23(13-9-20)30(40,15-14-21-10-11-21)24-5-3-6-25(17-24)36-29(39)27-18-28(31(32,33)34)37-38(27)26-7-2-4-22(16-26)19-35/h2-8,12-13,16-18,20-21,40H,9-11,14-15,19,35H2,1H3,(H,36,39). The summed E-state index contributed by atoms with van der Waals surface area (Å²) in [7, 11) is 0. The monoisotopic (exact) mass is 550 g/mol. The van der Waals surface area contributed by atoms with Gasteiger partial charge in [-0.1, -0.05) is 62.3 Å². The van der Waals surface area contributed by atoms with Crippen LogP contribution in [0, 0.1) is 11.8 Å². The van der Waals surface area contributed by atoms with E-state index >= 15 is 0 Å². The van der Waals surface area contributed by atoms with Crippen molar-refractivity contribution in [2.45, 2.75) is 57.3 Å². The highest BCUT2D eigenvalue weighted by Gasteiger charge is 2.37. The third-order valence-electron chi connectivity index (χ3n) is 7.62. The lowest BCUT2D eigenvalue weighted by Crippen LogP contribution is -2.29. The van der Waals surface area contributed by atoms with Crippen LogP contribution in [0.15, 0.2) is 78.4 Å². The maximum atomic E-state index is 13.6. The summed E-state index contributed by atoms with van der Waals surface area (Å²) in [4.78, 5) is 13.4. The highest BCUT2D eigenvalue weighted by atomic mass is 19.4. The molecule has 0 radical (unpaired) electrons. The third kappa shape index (κ3) is 6.05. The summed E-state index contributed by atoms with van der Waals surface area (Å²) in [6, 6.07) is 14.2. The molecular weight excluding hydrogens is 517 g/mol. The molecular formula is C31H33F3N4O2. The zero-order valence-corrected chi connectivity index (χ0v) is 22.3. The Bertz CT molecular complexity index is 1450. The maximum Gasteiger partial charge on any atom is 0.435 e. The van der Waals surface area contributed by atoms with Crippen molar-refractivity contribution in [1.29, 1.82) is 0 Å². The molecule has 2 aromatic carbocycles. The van der Waals surface area contributed by atoms with Crippen LogP contribution in [0.25, 0.3) is 5.69 Å². The maximum absolute atomic E-state index is 13.6. The minimum Gasteiger partial charge on any atom is -0.380 e. The van der Waals surface area contributed by atoms with Crippen LogP contribution in [0.4, 0.5) is 18.9 Å². The topological polar surface area (TPSA) is 93.2 Å². The molecule has 4 N–H and O–H groups in total. The van der Waals surface area contributed by atoms with Gasteiger partial charge in [-0.25, -0.2) is 4.68 Å². The molecule has 1 aromatic heterocycles. The number of aromatic nitrogens is 2. The molecule has 0 bridgehead atoms. The van der Waals surface area contributed by atoms with Gasteiger partial charge in [-0.15, -0.1) is 0 Å². The Morgan fingerprint density at radius 1 is 1.15 bits per heavy atom. The molecule has 1 saturated carbocycles. The zero-order valence-electron chi connectivity index (χ0n) is 22.3. The number of aliphatic hydroxyl groups is 1. The quantitative estimate of drug-likeness (QED) is 0.284. The van der Waals surface area contributed by atoms with Crippen molar-refractivity contribution in [3.63, 3.8) is 0 Å². The summed E-state index contributed by atoms with van der Waals surface area (Å²) >= 11 is 0. The lowest BCUT2D eigenvalue weighted by molar-refractivity contribution is -0.141. The van der Waals surface area contributed by atoms with E-state index in [0.29, 0.717) is 35.1 Å². The largest absolute Gasteiger partial charge is 0.435 e. The Morgan fingerprint density at radius 3 is 2.60 bits per heavy atom. The van der Waals surface area contributed by atoms with Gasteiger partial charge in [0.1, 0.15) is 11.3 Å². The highest BCUT2D eigenvalue weighted by Crippen LogP contribution is 2.43. The second-order valence-corrected chi connectivity index (χ2v) is 10.8. The van der Waals surface area contributed by atoms with E-state index in [0.717, 1.165) is 29.2 Å². The van der Waals surface area contributed by atoms with Gasteiger partial charge in [0, 0.05) is 18.3 Å². The van der Waals surface area contributed by atoms with E-state index in [1.54, 1.807) is 42.5 Å². The van der Waals surface area contributed by atoms with Gasteiger partial charge in [-0.2, -0.15) is 18.3 Å². The molecule has 3 aromatic rings. The normalized spacial score (nSPS) is 18.8. The van der Waals surface area contributed by atoms with Crippen LogP contribution in [-0.4, -0.2) is 20.8 Å². The lowest BCUT2D eigenvalue weighted by atomic mass is 9.78. The van der Waals surface area contributed by atoms with Gasteiger partial charge < -0.3 is 16.2 Å². The van der Waals surface area contributed by atoms with E-state index < -0.39 is 23.4 Å². The van der Waals surface area contributed by atoms with Gasteiger partial charge >= 0.3 is 6.18 Å². The van der Waals surface area contributed by atoms with Crippen molar-refractivity contribution >= 4 is 11.6 Å². The van der Waals surface area contributed by atoms with E-state index in [2.05, 4.69) is 29.5 Å². The van der Waals surface area contributed by atoms with Crippen molar-refractivity contribution in [2.75, 3.05) is 5.32 Å². The van der Waals surface area contributed by atoms with E-state index in [1.807, 2.05) is 12.1 Å². The molecule has 2 aliphatic rings. The first-order valence-electron chi connectivity index (χ1n) is 13.6. The summed E-state index contributed by atoms with van der Waals surface area (Å²) in [6.07, 6.45) is 5.97. The fourth-order valence-corrected chi connectivity index (χ4v) is 5.05. The SMILES string of the molecule is CC1C=CC(C(O)(CCC2CC2)c2cccc(NC(=O)c3cc(C(F)(F)F)nn3-c3cccc(CN)c3)c2)=CC1. The molecule has 210 valence electrons. The molecule has 40 heavy (non-hydrogen) atoms. The van der Waals surface area contributed by atoms with Gasteiger partial charge in [0.15, 0.2) is 5.69 Å². The Kier molecular flexibility index (Phi) is 7.70. The molecule has 1 fully saturated rings. The number of nitrogens with two attached hydrogens (primary N) is 1. The van der Waals surface area contributed by atoms with Crippen LogP contribution in [0.3, 0.4) is 0 Å². The summed E-state index contributed by atoms with van der Waals surface area (Å²) in [5.41, 5.74) is 5.79. The molecule has 1 heterocycles. The fraction of sp³-hybridized carbons (Fsp3) is 0.355. The van der Waals surface area contributed by atoms with E-state index in [9.17, 15) is 23.1 Å². The van der Waals surface area contributed by atoms with Crippen molar-refractivity contribution in [3.05, 3.63) is 101 Å². The molecule has 2 atom stereocenters. The molecule has 1 amide bonds. The number of nitrogens with zero attached hydrogens (tertiary/aromatic N) is 2. The van der Waals surface area contributed by atoms with Crippen molar-refractivity contribution in [2.24, 2.45) is 17.6 Å². The number of benzene rings is 2. The number of alkyl halides is 3. The number of nitrogens with one attached hydrogen (secondary N) is 1. The number of amides is 1. The third-order valence-corrected chi connectivity index (χ3v) is 7.62. The number of hydrogen-bond donors (Lipinski definition) is 3. The van der Waals surface area contributed by atoms with Crippen LogP contribution >= 0.6 is 0 Å². The minimum absolute atomic E-state index is 0.184. The van der Waals surface area contributed by atoms with Crippen LogP contribution in [-0.2, 0) is 18.3 Å². The van der Waals surface area contributed by atoms with Gasteiger partial charge in [0.25, 0.3) is 5.91 Å². The summed E-state index contributed by atoms with van der Waals surface area (Å²) in [5, 5.41) is 18.4. The van der Waals surface area contributed by atoms with Crippen LogP contribution in [0.5, 0.6) is 0 Å². The number of carbonyl (C=O) groups excluding carboxylic acids is 1. The Balaban J connectivity index is 1.46. The van der Waals surface area contributed by atoms with Crippen LogP contribution < -0.4 is 11.1 Å². The zero-order chi connectivity index (χ0) is 28.5. The summed E-state index contributed by atoms with van der Waals surface area (Å²) in [6.45, 7) is 2.30. The number of carbonyl (C=O) groups is 1. The molecule has 0 saturated heterocycles. The molecule has 6 nitrogen and oxygen atoms in total. The first kappa shape index (κ1) is 27.9. The molecule has 2 unspecified atom stereocenters. The van der Waals surface area contributed by atoms with E-state index in [4.69, 9.17) is 5.73 Å². The van der Waals surface area contributed by atoms with E-state index in [1.165, 1.54) is 12.8 Å². The van der Waals surface area contributed by atoms with Crippen LogP contribution in [0.2, 0.25) is 0 Å². The lowest BCUT2D eigenvalue weighted by Gasteiger charge is -2.32. The molecule has 2 aliphatic carbocycles. The van der Waals surface area contributed by atoms with Crippen LogP contribution in [0.1, 0.15) is 66.3 Å². The number of anilines is 1. The second-order valence-electron chi connectivity index (χ2n) is 10.8. The smallest absolute Gasteiger partial charge is 0.380 e. The number of allylic oxidation sites excluding steroid dienone is 2.